The van der Waals surface area contributed by atoms with Gasteiger partial charge < -0.3 is 35.9 Å². The van der Waals surface area contributed by atoms with Crippen molar-refractivity contribution in [3.05, 3.63) is 76.4 Å². The molecule has 1 aliphatic heterocycles. The number of carbonyl (C=O) groups excluding carboxylic acids is 2. The molecule has 2 aromatic carbocycles. The quantitative estimate of drug-likeness (QED) is 0.146. The van der Waals surface area contributed by atoms with Crippen molar-refractivity contribution in [2.24, 2.45) is 0 Å². The van der Waals surface area contributed by atoms with E-state index in [2.05, 4.69) is 58.8 Å². The summed E-state index contributed by atoms with van der Waals surface area (Å²) in [6, 6.07) is 13.7. The predicted molar refractivity (Wildman–Crippen MR) is 183 cm³/mol. The van der Waals surface area contributed by atoms with Crippen LogP contribution in [0.1, 0.15) is 59.6 Å². The van der Waals surface area contributed by atoms with E-state index in [0.29, 0.717) is 39.5 Å². The topological polar surface area (TPSA) is 162 Å². The first kappa shape index (κ1) is 35.7. The number of carboxylic acid groups (broad SMARTS) is 1. The van der Waals surface area contributed by atoms with Crippen LogP contribution in [0.2, 0.25) is 0 Å². The number of phenolic OH excluding ortho intramolecular Hbond substituents is 1. The van der Waals surface area contributed by atoms with Gasteiger partial charge in [-0.05, 0) is 84.0 Å². The first-order valence-electron chi connectivity index (χ1n) is 14.8. The van der Waals surface area contributed by atoms with E-state index in [4.69, 9.17) is 9.90 Å². The maximum absolute atomic E-state index is 12.6. The number of rotatable bonds is 8. The van der Waals surface area contributed by atoms with Gasteiger partial charge in [-0.25, -0.2) is 4.98 Å². The van der Waals surface area contributed by atoms with Gasteiger partial charge in [-0.1, -0.05) is 29.5 Å². The van der Waals surface area contributed by atoms with E-state index in [1.165, 1.54) is 11.3 Å². The Labute approximate surface area is 273 Å². The highest BCUT2D eigenvalue weighted by Crippen LogP contribution is 2.30. The highest BCUT2D eigenvalue weighted by molar-refractivity contribution is 7.17. The van der Waals surface area contributed by atoms with Crippen molar-refractivity contribution < 1.29 is 24.6 Å². The van der Waals surface area contributed by atoms with Crippen LogP contribution in [0.25, 0.3) is 0 Å². The third-order valence-electron chi connectivity index (χ3n) is 6.99. The zero-order valence-corrected chi connectivity index (χ0v) is 27.9. The molecule has 1 amide bonds. The zero-order valence-electron chi connectivity index (χ0n) is 27.1. The summed E-state index contributed by atoms with van der Waals surface area (Å²) in [5.41, 5.74) is 4.38. The van der Waals surface area contributed by atoms with Crippen molar-refractivity contribution in [1.29, 1.82) is 0 Å². The first-order valence-corrected chi connectivity index (χ1v) is 15.6. The van der Waals surface area contributed by atoms with Gasteiger partial charge in [0, 0.05) is 42.0 Å². The number of thiazole rings is 1. The lowest BCUT2D eigenvalue weighted by Crippen LogP contribution is -2.25. The Morgan fingerprint density at radius 2 is 1.80 bits per heavy atom. The summed E-state index contributed by atoms with van der Waals surface area (Å²) < 4.78 is 1.99. The van der Waals surface area contributed by atoms with E-state index in [1.54, 1.807) is 25.3 Å². The minimum Gasteiger partial charge on any atom is -0.508 e. The van der Waals surface area contributed by atoms with Crippen LogP contribution in [-0.2, 0) is 16.0 Å². The Morgan fingerprint density at radius 1 is 1.11 bits per heavy atom. The monoisotopic (exact) mass is 649 g/mol. The second-order valence-corrected chi connectivity index (χ2v) is 13.0. The van der Waals surface area contributed by atoms with Crippen molar-refractivity contribution in [1.82, 2.24) is 19.7 Å². The second-order valence-electron chi connectivity index (χ2n) is 11.9. The van der Waals surface area contributed by atoms with E-state index < -0.39 is 0 Å². The van der Waals surface area contributed by atoms with E-state index in [9.17, 15) is 14.7 Å². The molecule has 3 heterocycles. The number of aldehydes is 1. The molecule has 0 bridgehead atoms. The number of hydrogen-bond acceptors (Lipinski definition) is 10. The number of hydrogen-bond donors (Lipinski definition) is 5. The fraction of sp³-hybridized carbons (Fsp3) is 0.364. The summed E-state index contributed by atoms with van der Waals surface area (Å²) in [6.45, 7) is 11.8. The number of likely N-dealkylation sites (N-methyl/N-ethyl adjacent to an activating group) is 1. The number of nitrogens with zero attached hydrogens (tertiary/aromatic N) is 4. The van der Waals surface area contributed by atoms with Crippen LogP contribution in [-0.4, -0.2) is 74.2 Å². The largest absolute Gasteiger partial charge is 0.508 e. The minimum absolute atomic E-state index is 0.0756. The van der Waals surface area contributed by atoms with Gasteiger partial charge in [0.05, 0.1) is 17.9 Å². The Hall–Kier alpha value is -4.75. The van der Waals surface area contributed by atoms with Crippen LogP contribution in [0.15, 0.2) is 54.9 Å². The van der Waals surface area contributed by atoms with E-state index >= 15 is 0 Å². The molecule has 0 aliphatic carbocycles. The lowest BCUT2D eigenvalue weighted by atomic mass is 10.1. The number of likely N-dealkylation sites (tertiary alicyclic amines) is 1. The summed E-state index contributed by atoms with van der Waals surface area (Å²) in [7, 11) is 2.12. The molecule has 5 rings (SSSR count). The number of aromatic nitrogens is 3. The van der Waals surface area contributed by atoms with Crippen LogP contribution >= 0.6 is 11.3 Å². The van der Waals surface area contributed by atoms with E-state index in [1.807, 2.05) is 48.1 Å². The van der Waals surface area contributed by atoms with Gasteiger partial charge in [0.25, 0.3) is 12.4 Å². The molecular formula is C33H43N7O5S. The van der Waals surface area contributed by atoms with Gasteiger partial charge in [0.1, 0.15) is 16.9 Å². The molecule has 0 radical (unpaired) electrons. The van der Waals surface area contributed by atoms with Gasteiger partial charge in [0.15, 0.2) is 10.9 Å². The SMILES string of the molecule is CC(C)(C)Nc1ccc(CC=O)cc1.Cc1ccc(O)c(C)c1NC(=O)c1cnc(Nc2ccn(C3CCN(C)C3)n2)s1.O=CO. The van der Waals surface area contributed by atoms with Crippen LogP contribution in [0, 0.1) is 13.8 Å². The molecule has 1 saturated heterocycles. The highest BCUT2D eigenvalue weighted by atomic mass is 32.1. The van der Waals surface area contributed by atoms with Crippen molar-refractivity contribution >= 4 is 52.3 Å². The fourth-order valence-corrected chi connectivity index (χ4v) is 5.46. The first-order chi connectivity index (χ1) is 21.8. The van der Waals surface area contributed by atoms with Crippen molar-refractivity contribution in [3.63, 3.8) is 0 Å². The molecule has 1 aliphatic rings. The number of amides is 1. The lowest BCUT2D eigenvalue weighted by Gasteiger charge is -2.22. The van der Waals surface area contributed by atoms with Crippen molar-refractivity contribution in [3.8, 4) is 5.75 Å². The Morgan fingerprint density at radius 3 is 2.41 bits per heavy atom. The zero-order chi connectivity index (χ0) is 33.9. The molecule has 0 saturated carbocycles. The molecule has 1 fully saturated rings. The van der Waals surface area contributed by atoms with Crippen molar-refractivity contribution in [2.75, 3.05) is 36.1 Å². The molecule has 12 nitrogen and oxygen atoms in total. The number of nitrogens with one attached hydrogen (secondary N) is 3. The smallest absolute Gasteiger partial charge is 0.290 e. The average Bonchev–Trinajstić information content (AvgIpc) is 3.76. The third-order valence-corrected chi connectivity index (χ3v) is 7.90. The standard InChI is InChI=1S/C20H24N6O2S.C12H17NO.CH2O2/c1-12-4-5-15(27)13(2)18(12)23-19(28)16-10-21-20(29-16)22-17-7-9-26(24-17)14-6-8-25(3)11-14;1-12(2,3)13-11-6-4-10(5-7-11)8-9-14;2-1-3/h4-5,7,9-10,14,27H,6,8,11H2,1-3H3,(H,23,28)(H,21,22,24);4-7,9,13H,8H2,1-3H3;1H,(H,2,3). The molecule has 1 atom stereocenters. The molecule has 46 heavy (non-hydrogen) atoms. The van der Waals surface area contributed by atoms with Crippen LogP contribution in [0.4, 0.5) is 22.3 Å². The fourth-order valence-electron chi connectivity index (χ4n) is 4.74. The molecule has 246 valence electrons. The Bertz CT molecular complexity index is 1590. The minimum atomic E-state index is -0.258. The number of anilines is 4. The summed E-state index contributed by atoms with van der Waals surface area (Å²) in [5, 5.41) is 31.4. The van der Waals surface area contributed by atoms with E-state index in [-0.39, 0.29) is 23.7 Å². The highest BCUT2D eigenvalue weighted by Gasteiger charge is 2.22. The average molecular weight is 650 g/mol. The maximum Gasteiger partial charge on any atom is 0.290 e. The molecule has 13 heteroatoms. The summed E-state index contributed by atoms with van der Waals surface area (Å²) >= 11 is 1.26. The van der Waals surface area contributed by atoms with E-state index in [0.717, 1.165) is 42.6 Å². The number of benzene rings is 2. The maximum atomic E-state index is 12.6. The van der Waals surface area contributed by atoms with Crippen LogP contribution in [0.3, 0.4) is 0 Å². The molecule has 5 N–H and O–H groups in total. The molecule has 4 aromatic rings. The Kier molecular flexibility index (Phi) is 12.8. The van der Waals surface area contributed by atoms with Crippen LogP contribution < -0.4 is 16.0 Å². The van der Waals surface area contributed by atoms with Gasteiger partial charge in [-0.3, -0.25) is 14.3 Å². The molecular weight excluding hydrogens is 606 g/mol. The summed E-state index contributed by atoms with van der Waals surface area (Å²) in [6.07, 6.45) is 6.02. The summed E-state index contributed by atoms with van der Waals surface area (Å²) in [4.78, 5) is 38.3. The van der Waals surface area contributed by atoms with Gasteiger partial charge in [-0.15, -0.1) is 0 Å². The number of phenols is 1. The van der Waals surface area contributed by atoms with Gasteiger partial charge >= 0.3 is 0 Å². The number of carbonyl (C=O) groups is 3. The Balaban J connectivity index is 0.000000284. The van der Waals surface area contributed by atoms with Crippen molar-refractivity contribution in [2.45, 2.75) is 59.0 Å². The predicted octanol–water partition coefficient (Wildman–Crippen LogP) is 5.87. The molecule has 1 unspecified atom stereocenters. The van der Waals surface area contributed by atoms with Gasteiger partial charge in [0.2, 0.25) is 0 Å². The number of aryl methyl sites for hydroxylation is 1. The summed E-state index contributed by atoms with van der Waals surface area (Å²) in [5.74, 6) is 0.606. The number of aromatic hydroxyl groups is 1. The van der Waals surface area contributed by atoms with Crippen LogP contribution in [0.5, 0.6) is 5.75 Å². The second kappa shape index (κ2) is 16.5. The third kappa shape index (κ3) is 10.7. The lowest BCUT2D eigenvalue weighted by molar-refractivity contribution is -0.122. The molecule has 2 aromatic heterocycles. The normalized spacial score (nSPS) is 14.3. The molecule has 0 spiro atoms. The van der Waals surface area contributed by atoms with Gasteiger partial charge in [-0.2, -0.15) is 5.10 Å².